The molecule has 0 spiro atoms. The Hall–Kier alpha value is -1.95. The summed E-state index contributed by atoms with van der Waals surface area (Å²) in [5.74, 6) is -0.128. The SMILES string of the molecule is C=C1Nc2cc(C(=O)NCCOC)ccc2Sc2ccc(Cl)cc21. The first kappa shape index (κ1) is 16.9. The fourth-order valence-corrected chi connectivity index (χ4v) is 3.60. The van der Waals surface area contributed by atoms with Gasteiger partial charge in [0, 0.05) is 45.3 Å². The van der Waals surface area contributed by atoms with E-state index in [0.29, 0.717) is 23.7 Å². The zero-order valence-electron chi connectivity index (χ0n) is 13.2. The molecule has 124 valence electrons. The summed E-state index contributed by atoms with van der Waals surface area (Å²) in [6, 6.07) is 11.3. The van der Waals surface area contributed by atoms with Crippen LogP contribution in [0.4, 0.5) is 5.69 Å². The molecular formula is C18H17ClN2O2S. The van der Waals surface area contributed by atoms with Gasteiger partial charge in [0.05, 0.1) is 12.3 Å². The number of halogens is 1. The zero-order valence-corrected chi connectivity index (χ0v) is 14.8. The van der Waals surface area contributed by atoms with Gasteiger partial charge in [-0.05, 0) is 36.4 Å². The summed E-state index contributed by atoms with van der Waals surface area (Å²) in [6.07, 6.45) is 0. The Morgan fingerprint density at radius 1 is 1.29 bits per heavy atom. The van der Waals surface area contributed by atoms with Crippen molar-refractivity contribution in [3.63, 3.8) is 0 Å². The van der Waals surface area contributed by atoms with E-state index in [9.17, 15) is 4.79 Å². The molecule has 1 aliphatic heterocycles. The quantitative estimate of drug-likeness (QED) is 0.800. The van der Waals surface area contributed by atoms with Gasteiger partial charge in [-0.15, -0.1) is 0 Å². The summed E-state index contributed by atoms with van der Waals surface area (Å²) in [7, 11) is 1.60. The van der Waals surface area contributed by atoms with Gasteiger partial charge in [0.2, 0.25) is 0 Å². The largest absolute Gasteiger partial charge is 0.383 e. The first-order valence-electron chi connectivity index (χ1n) is 7.43. The number of anilines is 1. The van der Waals surface area contributed by atoms with Crippen molar-refractivity contribution in [1.29, 1.82) is 0 Å². The van der Waals surface area contributed by atoms with E-state index in [1.165, 1.54) is 0 Å². The van der Waals surface area contributed by atoms with Gasteiger partial charge in [0.15, 0.2) is 0 Å². The van der Waals surface area contributed by atoms with E-state index in [0.717, 1.165) is 26.7 Å². The van der Waals surface area contributed by atoms with Gasteiger partial charge in [-0.2, -0.15) is 0 Å². The fourth-order valence-electron chi connectivity index (χ4n) is 2.40. The second-order valence-corrected chi connectivity index (χ2v) is 6.83. The van der Waals surface area contributed by atoms with Crippen LogP contribution in [0.5, 0.6) is 0 Å². The monoisotopic (exact) mass is 360 g/mol. The number of fused-ring (bicyclic) bond motifs is 2. The van der Waals surface area contributed by atoms with Crippen LogP contribution in [0.15, 0.2) is 52.8 Å². The molecule has 0 fully saturated rings. The topological polar surface area (TPSA) is 50.4 Å². The van der Waals surface area contributed by atoms with Gasteiger partial charge >= 0.3 is 0 Å². The maximum Gasteiger partial charge on any atom is 0.251 e. The third-order valence-corrected chi connectivity index (χ3v) is 4.99. The Morgan fingerprint density at radius 2 is 2.08 bits per heavy atom. The molecule has 6 heteroatoms. The predicted octanol–water partition coefficient (Wildman–Crippen LogP) is 4.26. The fraction of sp³-hybridized carbons (Fsp3) is 0.167. The minimum atomic E-state index is -0.128. The second kappa shape index (κ2) is 7.30. The van der Waals surface area contributed by atoms with E-state index >= 15 is 0 Å². The number of nitrogens with one attached hydrogen (secondary N) is 2. The molecule has 1 aliphatic rings. The lowest BCUT2D eigenvalue weighted by molar-refractivity contribution is 0.0937. The highest BCUT2D eigenvalue weighted by atomic mass is 35.5. The molecule has 0 aliphatic carbocycles. The first-order chi connectivity index (χ1) is 11.6. The summed E-state index contributed by atoms with van der Waals surface area (Å²) >= 11 is 7.72. The van der Waals surface area contributed by atoms with E-state index in [2.05, 4.69) is 17.2 Å². The van der Waals surface area contributed by atoms with Crippen LogP contribution in [0.3, 0.4) is 0 Å². The average Bonchev–Trinajstić information content (AvgIpc) is 2.70. The third kappa shape index (κ3) is 3.59. The van der Waals surface area contributed by atoms with Crippen molar-refractivity contribution in [1.82, 2.24) is 5.32 Å². The molecule has 4 nitrogen and oxygen atoms in total. The number of ether oxygens (including phenoxy) is 1. The van der Waals surface area contributed by atoms with Crippen molar-refractivity contribution >= 4 is 40.7 Å². The molecule has 0 bridgehead atoms. The molecule has 1 heterocycles. The van der Waals surface area contributed by atoms with Crippen molar-refractivity contribution < 1.29 is 9.53 Å². The zero-order chi connectivity index (χ0) is 17.1. The van der Waals surface area contributed by atoms with Crippen LogP contribution in [-0.2, 0) is 4.74 Å². The van der Waals surface area contributed by atoms with E-state index in [-0.39, 0.29) is 5.91 Å². The Labute approximate surface area is 150 Å². The van der Waals surface area contributed by atoms with Crippen molar-refractivity contribution in [3.8, 4) is 0 Å². The molecule has 0 radical (unpaired) electrons. The standard InChI is InChI=1S/C18H17ClN2O2S/c1-11-14-10-13(19)4-6-16(14)24-17-5-3-12(9-15(17)21-11)18(22)20-7-8-23-2/h3-6,9-10,21H,1,7-8H2,2H3,(H,20,22). The highest BCUT2D eigenvalue weighted by molar-refractivity contribution is 7.99. The second-order valence-electron chi connectivity index (χ2n) is 5.31. The molecule has 2 N–H and O–H groups in total. The van der Waals surface area contributed by atoms with Crippen LogP contribution >= 0.6 is 23.4 Å². The molecule has 0 aromatic heterocycles. The number of benzene rings is 2. The average molecular weight is 361 g/mol. The van der Waals surface area contributed by atoms with E-state index in [1.54, 1.807) is 18.9 Å². The molecule has 0 saturated heterocycles. The van der Waals surface area contributed by atoms with Crippen molar-refractivity contribution in [2.24, 2.45) is 0 Å². The highest BCUT2D eigenvalue weighted by Crippen LogP contribution is 2.42. The molecule has 2 aromatic carbocycles. The van der Waals surface area contributed by atoms with Gasteiger partial charge in [-0.1, -0.05) is 29.9 Å². The van der Waals surface area contributed by atoms with Crippen molar-refractivity contribution in [2.45, 2.75) is 9.79 Å². The van der Waals surface area contributed by atoms with E-state index in [4.69, 9.17) is 16.3 Å². The maximum atomic E-state index is 12.2. The summed E-state index contributed by atoms with van der Waals surface area (Å²) in [5.41, 5.74) is 3.18. The van der Waals surface area contributed by atoms with Crippen molar-refractivity contribution in [3.05, 3.63) is 59.1 Å². The van der Waals surface area contributed by atoms with Gasteiger partial charge in [-0.25, -0.2) is 0 Å². The molecule has 0 atom stereocenters. The summed E-state index contributed by atoms with van der Waals surface area (Å²) in [6.45, 7) is 5.05. The van der Waals surface area contributed by atoms with Crippen LogP contribution in [0.25, 0.3) is 5.70 Å². The van der Waals surface area contributed by atoms with Crippen molar-refractivity contribution in [2.75, 3.05) is 25.6 Å². The summed E-state index contributed by atoms with van der Waals surface area (Å²) in [4.78, 5) is 14.3. The van der Waals surface area contributed by atoms with E-state index < -0.39 is 0 Å². The summed E-state index contributed by atoms with van der Waals surface area (Å²) in [5, 5.41) is 6.78. The van der Waals surface area contributed by atoms with Gasteiger partial charge < -0.3 is 15.4 Å². The van der Waals surface area contributed by atoms with Gasteiger partial charge in [0.25, 0.3) is 5.91 Å². The Morgan fingerprint density at radius 3 is 2.88 bits per heavy atom. The van der Waals surface area contributed by atoms with Crippen LogP contribution in [0.2, 0.25) is 5.02 Å². The number of rotatable bonds is 4. The molecule has 0 unspecified atom stereocenters. The number of hydrogen-bond acceptors (Lipinski definition) is 4. The minimum absolute atomic E-state index is 0.128. The normalized spacial score (nSPS) is 12.7. The lowest BCUT2D eigenvalue weighted by atomic mass is 10.1. The number of carbonyl (C=O) groups excluding carboxylic acids is 1. The van der Waals surface area contributed by atoms with Crippen LogP contribution in [0.1, 0.15) is 15.9 Å². The highest BCUT2D eigenvalue weighted by Gasteiger charge is 2.18. The molecule has 2 aromatic rings. The summed E-state index contributed by atoms with van der Waals surface area (Å²) < 4.78 is 4.94. The van der Waals surface area contributed by atoms with Crippen LogP contribution in [-0.4, -0.2) is 26.2 Å². The van der Waals surface area contributed by atoms with Crippen LogP contribution < -0.4 is 10.6 Å². The smallest absolute Gasteiger partial charge is 0.251 e. The maximum absolute atomic E-state index is 12.2. The van der Waals surface area contributed by atoms with Crippen LogP contribution in [0, 0.1) is 0 Å². The van der Waals surface area contributed by atoms with Gasteiger partial charge in [0.1, 0.15) is 0 Å². The lowest BCUT2D eigenvalue weighted by Crippen LogP contribution is -2.26. The first-order valence-corrected chi connectivity index (χ1v) is 8.63. The number of methoxy groups -OCH3 is 1. The molecular weight excluding hydrogens is 344 g/mol. The molecule has 3 rings (SSSR count). The minimum Gasteiger partial charge on any atom is -0.383 e. The third-order valence-electron chi connectivity index (χ3n) is 3.61. The number of hydrogen-bond donors (Lipinski definition) is 2. The molecule has 0 saturated carbocycles. The van der Waals surface area contributed by atoms with E-state index in [1.807, 2.05) is 36.4 Å². The number of amides is 1. The Balaban J connectivity index is 1.87. The molecule has 24 heavy (non-hydrogen) atoms. The lowest BCUT2D eigenvalue weighted by Gasteiger charge is -2.11. The Kier molecular flexibility index (Phi) is 5.14. The number of carbonyl (C=O) groups is 1. The molecule has 1 amide bonds. The predicted molar refractivity (Wildman–Crippen MR) is 98.9 cm³/mol. The van der Waals surface area contributed by atoms with Gasteiger partial charge in [-0.3, -0.25) is 4.79 Å². The Bertz CT molecular complexity index is 808.